The summed E-state index contributed by atoms with van der Waals surface area (Å²) in [4.78, 5) is 15.3. The maximum atomic E-state index is 13.0. The second-order valence-corrected chi connectivity index (χ2v) is 9.32. The van der Waals surface area contributed by atoms with Crippen LogP contribution >= 0.6 is 0 Å². The summed E-state index contributed by atoms with van der Waals surface area (Å²) in [5, 5.41) is 3.07. The fraction of sp³-hybridized carbons (Fsp3) is 0.381. The third-order valence-corrected chi connectivity index (χ3v) is 6.74. The molecule has 1 aliphatic heterocycles. The topological polar surface area (TPSA) is 79.0 Å². The van der Waals surface area contributed by atoms with Gasteiger partial charge in [0, 0.05) is 39.3 Å². The van der Waals surface area contributed by atoms with Gasteiger partial charge in [-0.25, -0.2) is 12.7 Å². The van der Waals surface area contributed by atoms with Crippen LogP contribution in [-0.2, 0) is 14.8 Å². The van der Waals surface area contributed by atoms with Crippen LogP contribution in [-0.4, -0.2) is 70.5 Å². The fourth-order valence-corrected chi connectivity index (χ4v) is 4.16. The van der Waals surface area contributed by atoms with Crippen LogP contribution in [0.1, 0.15) is 22.0 Å². The summed E-state index contributed by atoms with van der Waals surface area (Å²) in [6.07, 6.45) is 0. The Morgan fingerprint density at radius 1 is 1.10 bits per heavy atom. The van der Waals surface area contributed by atoms with Gasteiger partial charge in [-0.3, -0.25) is 9.69 Å². The fourth-order valence-electron chi connectivity index (χ4n) is 3.21. The summed E-state index contributed by atoms with van der Waals surface area (Å²) >= 11 is 0. The highest BCUT2D eigenvalue weighted by Crippen LogP contribution is 2.18. The lowest BCUT2D eigenvalue weighted by Crippen LogP contribution is -2.43. The van der Waals surface area contributed by atoms with E-state index in [1.807, 2.05) is 30.3 Å². The molecule has 1 saturated heterocycles. The largest absolute Gasteiger partial charge is 0.379 e. The summed E-state index contributed by atoms with van der Waals surface area (Å²) in [5.41, 5.74) is 1.32. The van der Waals surface area contributed by atoms with Crippen LogP contribution in [0.15, 0.2) is 59.5 Å². The number of benzene rings is 2. The Kier molecular flexibility index (Phi) is 7.02. The number of amides is 1. The lowest BCUT2D eigenvalue weighted by molar-refractivity contribution is 0.0332. The van der Waals surface area contributed by atoms with Crippen LogP contribution in [0.3, 0.4) is 0 Å². The number of hydrogen-bond donors (Lipinski definition) is 1. The van der Waals surface area contributed by atoms with Gasteiger partial charge in [0.15, 0.2) is 0 Å². The van der Waals surface area contributed by atoms with Gasteiger partial charge in [0.1, 0.15) is 0 Å². The van der Waals surface area contributed by atoms with E-state index in [2.05, 4.69) is 10.2 Å². The van der Waals surface area contributed by atoms with E-state index in [1.165, 1.54) is 26.2 Å². The molecule has 1 unspecified atom stereocenters. The SMILES string of the molecule is CN(C)S(=O)(=O)c1cccc(C(=O)NC(CN2CCOCC2)c2ccccc2)c1. The number of ether oxygens (including phenoxy) is 1. The molecule has 1 heterocycles. The van der Waals surface area contributed by atoms with Crippen molar-refractivity contribution < 1.29 is 17.9 Å². The molecule has 156 valence electrons. The normalized spacial score (nSPS) is 16.5. The first-order valence-corrected chi connectivity index (χ1v) is 11.0. The van der Waals surface area contributed by atoms with Crippen LogP contribution in [0.5, 0.6) is 0 Å². The Morgan fingerprint density at radius 3 is 2.45 bits per heavy atom. The quantitative estimate of drug-likeness (QED) is 0.742. The van der Waals surface area contributed by atoms with Crippen molar-refractivity contribution in [2.75, 3.05) is 46.9 Å². The molecule has 0 bridgehead atoms. The average Bonchev–Trinajstić information content (AvgIpc) is 2.74. The molecule has 0 saturated carbocycles. The number of nitrogens with one attached hydrogen (secondary N) is 1. The minimum Gasteiger partial charge on any atom is -0.379 e. The van der Waals surface area contributed by atoms with E-state index in [4.69, 9.17) is 4.74 Å². The lowest BCUT2D eigenvalue weighted by Gasteiger charge is -2.31. The number of carbonyl (C=O) groups is 1. The Labute approximate surface area is 172 Å². The zero-order valence-corrected chi connectivity index (χ0v) is 17.6. The van der Waals surface area contributed by atoms with Gasteiger partial charge in [-0.2, -0.15) is 0 Å². The van der Waals surface area contributed by atoms with Crippen molar-refractivity contribution in [1.29, 1.82) is 0 Å². The molecule has 0 aromatic heterocycles. The standard InChI is InChI=1S/C21H27N3O4S/c1-23(2)29(26,27)19-10-6-9-18(15-19)21(25)22-20(17-7-4-3-5-8-17)16-24-11-13-28-14-12-24/h3-10,15,20H,11-14,16H2,1-2H3,(H,22,25). The third-order valence-electron chi connectivity index (χ3n) is 4.93. The molecule has 1 aliphatic rings. The molecule has 29 heavy (non-hydrogen) atoms. The average molecular weight is 418 g/mol. The van der Waals surface area contributed by atoms with Crippen LogP contribution in [0.4, 0.5) is 0 Å². The predicted octanol–water partition coefficient (Wildman–Crippen LogP) is 1.74. The third kappa shape index (κ3) is 5.42. The van der Waals surface area contributed by atoms with Gasteiger partial charge in [-0.05, 0) is 23.8 Å². The maximum absolute atomic E-state index is 13.0. The Hall–Kier alpha value is -2.26. The molecule has 7 nitrogen and oxygen atoms in total. The molecule has 1 N–H and O–H groups in total. The second kappa shape index (κ2) is 9.49. The predicted molar refractivity (Wildman–Crippen MR) is 111 cm³/mol. The second-order valence-electron chi connectivity index (χ2n) is 7.16. The van der Waals surface area contributed by atoms with Crippen molar-refractivity contribution in [2.45, 2.75) is 10.9 Å². The summed E-state index contributed by atoms with van der Waals surface area (Å²) < 4.78 is 31.3. The van der Waals surface area contributed by atoms with E-state index in [0.717, 1.165) is 23.0 Å². The van der Waals surface area contributed by atoms with Gasteiger partial charge in [-0.15, -0.1) is 0 Å². The molecular weight excluding hydrogens is 390 g/mol. The first-order valence-electron chi connectivity index (χ1n) is 9.56. The van der Waals surface area contributed by atoms with E-state index >= 15 is 0 Å². The van der Waals surface area contributed by atoms with Crippen LogP contribution in [0, 0.1) is 0 Å². The molecule has 2 aromatic carbocycles. The van der Waals surface area contributed by atoms with Crippen LogP contribution < -0.4 is 5.32 Å². The van der Waals surface area contributed by atoms with E-state index in [0.29, 0.717) is 25.3 Å². The van der Waals surface area contributed by atoms with E-state index in [1.54, 1.807) is 12.1 Å². The maximum Gasteiger partial charge on any atom is 0.251 e. The van der Waals surface area contributed by atoms with E-state index < -0.39 is 10.0 Å². The van der Waals surface area contributed by atoms with Crippen molar-refractivity contribution in [3.8, 4) is 0 Å². The lowest BCUT2D eigenvalue weighted by atomic mass is 10.1. The number of hydrogen-bond acceptors (Lipinski definition) is 5. The number of nitrogens with zero attached hydrogens (tertiary/aromatic N) is 2. The highest BCUT2D eigenvalue weighted by atomic mass is 32.2. The molecule has 0 radical (unpaired) electrons. The van der Waals surface area contributed by atoms with Crippen LogP contribution in [0.2, 0.25) is 0 Å². The Balaban J connectivity index is 1.81. The smallest absolute Gasteiger partial charge is 0.251 e. The highest BCUT2D eigenvalue weighted by molar-refractivity contribution is 7.89. The monoisotopic (exact) mass is 417 g/mol. The van der Waals surface area contributed by atoms with Gasteiger partial charge < -0.3 is 10.1 Å². The summed E-state index contributed by atoms with van der Waals surface area (Å²) in [7, 11) is -0.669. The summed E-state index contributed by atoms with van der Waals surface area (Å²) in [6.45, 7) is 3.65. The van der Waals surface area contributed by atoms with Gasteiger partial charge in [0.05, 0.1) is 24.2 Å². The molecule has 3 rings (SSSR count). The van der Waals surface area contributed by atoms with Gasteiger partial charge in [-0.1, -0.05) is 36.4 Å². The number of rotatable bonds is 7. The molecule has 1 amide bonds. The molecular formula is C21H27N3O4S. The first-order chi connectivity index (χ1) is 13.9. The molecule has 2 aromatic rings. The van der Waals surface area contributed by atoms with Crippen molar-refractivity contribution in [3.05, 3.63) is 65.7 Å². The molecule has 0 spiro atoms. The van der Waals surface area contributed by atoms with Crippen molar-refractivity contribution in [2.24, 2.45) is 0 Å². The number of sulfonamides is 1. The summed E-state index contributed by atoms with van der Waals surface area (Å²) in [5.74, 6) is -0.303. The zero-order valence-electron chi connectivity index (χ0n) is 16.7. The minimum absolute atomic E-state index is 0.0968. The molecule has 0 aliphatic carbocycles. The van der Waals surface area contributed by atoms with Crippen molar-refractivity contribution in [1.82, 2.24) is 14.5 Å². The highest BCUT2D eigenvalue weighted by Gasteiger charge is 2.22. The van der Waals surface area contributed by atoms with Crippen molar-refractivity contribution in [3.63, 3.8) is 0 Å². The molecule has 1 atom stereocenters. The summed E-state index contributed by atoms with van der Waals surface area (Å²) in [6, 6.07) is 15.7. The number of morpholine rings is 1. The Bertz CT molecular complexity index is 926. The first kappa shape index (κ1) is 21.4. The van der Waals surface area contributed by atoms with E-state index in [9.17, 15) is 13.2 Å². The van der Waals surface area contributed by atoms with Gasteiger partial charge in [0.25, 0.3) is 5.91 Å². The zero-order chi connectivity index (χ0) is 20.9. The number of carbonyl (C=O) groups excluding carboxylic acids is 1. The van der Waals surface area contributed by atoms with Gasteiger partial charge >= 0.3 is 0 Å². The molecule has 1 fully saturated rings. The Morgan fingerprint density at radius 2 is 1.79 bits per heavy atom. The van der Waals surface area contributed by atoms with E-state index in [-0.39, 0.29) is 16.8 Å². The van der Waals surface area contributed by atoms with Crippen molar-refractivity contribution >= 4 is 15.9 Å². The van der Waals surface area contributed by atoms with Gasteiger partial charge in [0.2, 0.25) is 10.0 Å². The van der Waals surface area contributed by atoms with Crippen LogP contribution in [0.25, 0.3) is 0 Å². The minimum atomic E-state index is -3.61. The molecule has 8 heteroatoms.